The molecule has 0 radical (unpaired) electrons. The van der Waals surface area contributed by atoms with Crippen molar-refractivity contribution in [1.82, 2.24) is 5.32 Å². The van der Waals surface area contributed by atoms with Gasteiger partial charge in [-0.2, -0.15) is 0 Å². The van der Waals surface area contributed by atoms with Crippen molar-refractivity contribution in [2.75, 3.05) is 26.4 Å². The van der Waals surface area contributed by atoms with Crippen LogP contribution in [0.15, 0.2) is 30.3 Å². The third-order valence-electron chi connectivity index (χ3n) is 3.22. The molecule has 1 fully saturated rings. The van der Waals surface area contributed by atoms with E-state index in [2.05, 4.69) is 5.32 Å². The van der Waals surface area contributed by atoms with Crippen LogP contribution in [0.4, 0.5) is 0 Å². The fourth-order valence-electron chi connectivity index (χ4n) is 1.94. The summed E-state index contributed by atoms with van der Waals surface area (Å²) in [7, 11) is 0. The second-order valence-corrected chi connectivity index (χ2v) is 5.06. The monoisotopic (exact) mass is 263 g/mol. The Balaban J connectivity index is 1.32. The van der Waals surface area contributed by atoms with Crippen molar-refractivity contribution in [3.63, 3.8) is 0 Å². The van der Waals surface area contributed by atoms with Gasteiger partial charge in [0.25, 0.3) is 0 Å². The van der Waals surface area contributed by atoms with Gasteiger partial charge in [-0.3, -0.25) is 0 Å². The first kappa shape index (κ1) is 14.4. The summed E-state index contributed by atoms with van der Waals surface area (Å²) in [5.74, 6) is 0.914. The minimum Gasteiger partial charge on any atom is -0.491 e. The van der Waals surface area contributed by atoms with Gasteiger partial charge >= 0.3 is 0 Å². The molecule has 1 aromatic carbocycles. The summed E-state index contributed by atoms with van der Waals surface area (Å²) in [6, 6.07) is 10.7. The first-order valence-electron chi connectivity index (χ1n) is 7.44. The molecule has 3 heteroatoms. The zero-order valence-electron chi connectivity index (χ0n) is 11.6. The number of ether oxygens (including phenoxy) is 2. The summed E-state index contributed by atoms with van der Waals surface area (Å²) in [4.78, 5) is 0. The first-order chi connectivity index (χ1) is 9.45. The molecule has 0 unspecified atom stereocenters. The largest absolute Gasteiger partial charge is 0.491 e. The van der Waals surface area contributed by atoms with E-state index in [1.165, 1.54) is 32.2 Å². The van der Waals surface area contributed by atoms with Crippen LogP contribution in [-0.4, -0.2) is 32.4 Å². The number of hydrogen-bond donors (Lipinski definition) is 1. The standard InChI is InChI=1S/C16H25NO2/c1-3-7-16(8-4-1)19-14-13-18-12-6-2-5-11-17-15-9-10-15/h1,3-4,7-8,15,17H,2,5-6,9-14H2. The summed E-state index contributed by atoms with van der Waals surface area (Å²) in [6.45, 7) is 3.33. The van der Waals surface area contributed by atoms with Gasteiger partial charge < -0.3 is 14.8 Å². The maximum absolute atomic E-state index is 5.55. The molecular weight excluding hydrogens is 238 g/mol. The molecule has 0 atom stereocenters. The van der Waals surface area contributed by atoms with Gasteiger partial charge in [0.2, 0.25) is 0 Å². The molecule has 1 saturated carbocycles. The molecular formula is C16H25NO2. The molecule has 0 aliphatic heterocycles. The Hall–Kier alpha value is -1.06. The first-order valence-corrected chi connectivity index (χ1v) is 7.44. The fraction of sp³-hybridized carbons (Fsp3) is 0.625. The summed E-state index contributed by atoms with van der Waals surface area (Å²) in [5, 5.41) is 3.53. The average molecular weight is 263 g/mol. The Morgan fingerprint density at radius 1 is 0.947 bits per heavy atom. The van der Waals surface area contributed by atoms with E-state index >= 15 is 0 Å². The maximum Gasteiger partial charge on any atom is 0.119 e. The molecule has 0 heterocycles. The molecule has 2 rings (SSSR count). The van der Waals surface area contributed by atoms with Crippen molar-refractivity contribution in [2.24, 2.45) is 0 Å². The van der Waals surface area contributed by atoms with E-state index in [1.54, 1.807) is 0 Å². The Morgan fingerprint density at radius 3 is 2.58 bits per heavy atom. The Morgan fingerprint density at radius 2 is 1.79 bits per heavy atom. The highest BCUT2D eigenvalue weighted by Crippen LogP contribution is 2.18. The van der Waals surface area contributed by atoms with E-state index < -0.39 is 0 Å². The van der Waals surface area contributed by atoms with E-state index in [4.69, 9.17) is 9.47 Å². The molecule has 1 aromatic rings. The molecule has 1 N–H and O–H groups in total. The van der Waals surface area contributed by atoms with Gasteiger partial charge in [-0.25, -0.2) is 0 Å². The average Bonchev–Trinajstić information content (AvgIpc) is 3.26. The Kier molecular flexibility index (Phi) is 6.75. The van der Waals surface area contributed by atoms with Crippen LogP contribution in [0, 0.1) is 0 Å². The summed E-state index contributed by atoms with van der Waals surface area (Å²) in [6.07, 6.45) is 6.42. The van der Waals surface area contributed by atoms with Gasteiger partial charge in [-0.05, 0) is 50.8 Å². The van der Waals surface area contributed by atoms with Crippen LogP contribution in [0.2, 0.25) is 0 Å². The maximum atomic E-state index is 5.55. The lowest BCUT2D eigenvalue weighted by molar-refractivity contribution is 0.0972. The second kappa shape index (κ2) is 8.94. The third kappa shape index (κ3) is 7.19. The lowest BCUT2D eigenvalue weighted by Gasteiger charge is -2.07. The third-order valence-corrected chi connectivity index (χ3v) is 3.22. The minimum absolute atomic E-state index is 0.632. The molecule has 0 saturated heterocycles. The predicted octanol–water partition coefficient (Wildman–Crippen LogP) is 3.00. The number of para-hydroxylation sites is 1. The zero-order valence-corrected chi connectivity index (χ0v) is 11.6. The number of hydrogen-bond acceptors (Lipinski definition) is 3. The van der Waals surface area contributed by atoms with Gasteiger partial charge in [0, 0.05) is 12.6 Å². The number of rotatable bonds is 11. The minimum atomic E-state index is 0.632. The van der Waals surface area contributed by atoms with Crippen LogP contribution in [0.3, 0.4) is 0 Å². The molecule has 1 aliphatic carbocycles. The van der Waals surface area contributed by atoms with Crippen LogP contribution in [-0.2, 0) is 4.74 Å². The van der Waals surface area contributed by atoms with Crippen molar-refractivity contribution in [2.45, 2.75) is 38.1 Å². The van der Waals surface area contributed by atoms with Gasteiger partial charge in [-0.15, -0.1) is 0 Å². The SMILES string of the molecule is c1ccc(OCCOCCCCCNC2CC2)cc1. The number of unbranched alkanes of at least 4 members (excludes halogenated alkanes) is 2. The van der Waals surface area contributed by atoms with E-state index in [0.717, 1.165) is 24.8 Å². The molecule has 106 valence electrons. The Labute approximate surface area is 116 Å². The molecule has 3 nitrogen and oxygen atoms in total. The molecule has 0 bridgehead atoms. The molecule has 19 heavy (non-hydrogen) atoms. The van der Waals surface area contributed by atoms with Gasteiger partial charge in [0.15, 0.2) is 0 Å². The van der Waals surface area contributed by atoms with Crippen LogP contribution >= 0.6 is 0 Å². The van der Waals surface area contributed by atoms with E-state index in [9.17, 15) is 0 Å². The molecule has 1 aliphatic rings. The highest BCUT2D eigenvalue weighted by Gasteiger charge is 2.19. The van der Waals surface area contributed by atoms with Crippen LogP contribution < -0.4 is 10.1 Å². The van der Waals surface area contributed by atoms with Crippen LogP contribution in [0.5, 0.6) is 5.75 Å². The summed E-state index contributed by atoms with van der Waals surface area (Å²) >= 11 is 0. The van der Waals surface area contributed by atoms with Crippen molar-refractivity contribution in [1.29, 1.82) is 0 Å². The van der Waals surface area contributed by atoms with Gasteiger partial charge in [0.1, 0.15) is 12.4 Å². The quantitative estimate of drug-likeness (QED) is 0.623. The van der Waals surface area contributed by atoms with Crippen molar-refractivity contribution >= 4 is 0 Å². The number of nitrogens with one attached hydrogen (secondary N) is 1. The normalized spacial score (nSPS) is 14.5. The lowest BCUT2D eigenvalue weighted by Crippen LogP contribution is -2.17. The van der Waals surface area contributed by atoms with E-state index in [1.807, 2.05) is 30.3 Å². The highest BCUT2D eigenvalue weighted by molar-refractivity contribution is 5.20. The van der Waals surface area contributed by atoms with Gasteiger partial charge in [0.05, 0.1) is 6.61 Å². The van der Waals surface area contributed by atoms with E-state index in [0.29, 0.717) is 13.2 Å². The van der Waals surface area contributed by atoms with E-state index in [-0.39, 0.29) is 0 Å². The van der Waals surface area contributed by atoms with Crippen molar-refractivity contribution in [3.8, 4) is 5.75 Å². The lowest BCUT2D eigenvalue weighted by atomic mass is 10.2. The predicted molar refractivity (Wildman–Crippen MR) is 77.6 cm³/mol. The Bertz CT molecular complexity index is 325. The van der Waals surface area contributed by atoms with Crippen molar-refractivity contribution in [3.05, 3.63) is 30.3 Å². The zero-order chi connectivity index (χ0) is 13.2. The van der Waals surface area contributed by atoms with Crippen LogP contribution in [0.25, 0.3) is 0 Å². The van der Waals surface area contributed by atoms with Crippen LogP contribution in [0.1, 0.15) is 32.1 Å². The van der Waals surface area contributed by atoms with Crippen molar-refractivity contribution < 1.29 is 9.47 Å². The topological polar surface area (TPSA) is 30.5 Å². The highest BCUT2D eigenvalue weighted by atomic mass is 16.5. The molecule has 0 spiro atoms. The molecule has 0 aromatic heterocycles. The smallest absolute Gasteiger partial charge is 0.119 e. The summed E-state index contributed by atoms with van der Waals surface area (Å²) < 4.78 is 11.1. The summed E-state index contributed by atoms with van der Waals surface area (Å²) in [5.41, 5.74) is 0. The second-order valence-electron chi connectivity index (χ2n) is 5.06. The molecule has 0 amide bonds. The fourth-order valence-corrected chi connectivity index (χ4v) is 1.94. The number of benzene rings is 1. The van der Waals surface area contributed by atoms with Gasteiger partial charge in [-0.1, -0.05) is 18.2 Å².